The maximum absolute atomic E-state index is 12.5. The van der Waals surface area contributed by atoms with Crippen molar-refractivity contribution in [2.24, 2.45) is 5.41 Å². The lowest BCUT2D eigenvalue weighted by atomic mass is 10.1. The van der Waals surface area contributed by atoms with Gasteiger partial charge in [0.15, 0.2) is 0 Å². The molecule has 1 aromatic carbocycles. The van der Waals surface area contributed by atoms with Crippen LogP contribution in [-0.2, 0) is 0 Å². The molecule has 5 heteroatoms. The summed E-state index contributed by atoms with van der Waals surface area (Å²) in [6.45, 7) is 2.51. The zero-order chi connectivity index (χ0) is 15.7. The monoisotopic (exact) mass is 300 g/mol. The van der Waals surface area contributed by atoms with Gasteiger partial charge in [-0.2, -0.15) is 0 Å². The van der Waals surface area contributed by atoms with Gasteiger partial charge in [-0.15, -0.1) is 0 Å². The summed E-state index contributed by atoms with van der Waals surface area (Å²) in [5.74, 6) is 0.592. The molecule has 2 aromatic rings. The van der Waals surface area contributed by atoms with Crippen molar-refractivity contribution in [2.45, 2.75) is 19.8 Å². The van der Waals surface area contributed by atoms with Crippen molar-refractivity contribution in [3.05, 3.63) is 35.5 Å². The van der Waals surface area contributed by atoms with Crippen molar-refractivity contribution in [1.82, 2.24) is 10.3 Å². The fourth-order valence-electron chi connectivity index (χ4n) is 2.59. The Hall–Kier alpha value is -2.14. The van der Waals surface area contributed by atoms with Crippen LogP contribution in [0.3, 0.4) is 0 Å². The maximum Gasteiger partial charge on any atom is 0.252 e. The molecule has 5 nitrogen and oxygen atoms in total. The van der Waals surface area contributed by atoms with Gasteiger partial charge in [-0.25, -0.2) is 0 Å². The lowest BCUT2D eigenvalue weighted by Crippen LogP contribution is -2.32. The van der Waals surface area contributed by atoms with Crippen LogP contribution >= 0.6 is 0 Å². The highest BCUT2D eigenvalue weighted by Gasteiger charge is 2.42. The number of ether oxygens (including phenoxy) is 1. The molecule has 1 aliphatic rings. The lowest BCUT2D eigenvalue weighted by Gasteiger charge is -2.14. The third-order valence-electron chi connectivity index (χ3n) is 4.31. The second kappa shape index (κ2) is 5.57. The van der Waals surface area contributed by atoms with Crippen LogP contribution in [0.4, 0.5) is 0 Å². The first-order chi connectivity index (χ1) is 10.6. The quantitative estimate of drug-likeness (QED) is 0.886. The minimum absolute atomic E-state index is 0.100. The molecule has 1 saturated carbocycles. The van der Waals surface area contributed by atoms with Gasteiger partial charge in [0.2, 0.25) is 0 Å². The minimum atomic E-state index is -0.125. The van der Waals surface area contributed by atoms with Crippen LogP contribution in [0.1, 0.15) is 28.9 Å². The molecule has 0 spiro atoms. The van der Waals surface area contributed by atoms with Crippen molar-refractivity contribution >= 4 is 16.8 Å². The van der Waals surface area contributed by atoms with Gasteiger partial charge >= 0.3 is 0 Å². The van der Waals surface area contributed by atoms with E-state index in [2.05, 4.69) is 10.3 Å². The summed E-state index contributed by atoms with van der Waals surface area (Å²) in [7, 11) is 1.61. The highest BCUT2D eigenvalue weighted by atomic mass is 16.5. The molecule has 0 bridgehead atoms. The third kappa shape index (κ3) is 2.76. The van der Waals surface area contributed by atoms with E-state index in [0.717, 1.165) is 29.4 Å². The topological polar surface area (TPSA) is 71.5 Å². The molecule has 116 valence electrons. The molecule has 0 unspecified atom stereocenters. The molecule has 3 rings (SSSR count). The van der Waals surface area contributed by atoms with Crippen LogP contribution in [0.2, 0.25) is 0 Å². The number of hydrogen-bond donors (Lipinski definition) is 2. The zero-order valence-electron chi connectivity index (χ0n) is 12.8. The van der Waals surface area contributed by atoms with Gasteiger partial charge < -0.3 is 15.2 Å². The van der Waals surface area contributed by atoms with Crippen LogP contribution in [0, 0.1) is 12.3 Å². The van der Waals surface area contributed by atoms with Gasteiger partial charge in [-0.1, -0.05) is 0 Å². The second-order valence-corrected chi connectivity index (χ2v) is 6.04. The van der Waals surface area contributed by atoms with E-state index in [1.165, 1.54) is 0 Å². The molecule has 1 heterocycles. The average Bonchev–Trinajstić information content (AvgIpc) is 3.31. The highest BCUT2D eigenvalue weighted by molar-refractivity contribution is 6.06. The Morgan fingerprint density at radius 2 is 2.18 bits per heavy atom. The summed E-state index contributed by atoms with van der Waals surface area (Å²) >= 11 is 0. The molecule has 2 N–H and O–H groups in total. The number of amides is 1. The lowest BCUT2D eigenvalue weighted by molar-refractivity contribution is 0.0936. The number of carbonyl (C=O) groups excluding carboxylic acids is 1. The zero-order valence-corrected chi connectivity index (χ0v) is 12.8. The SMILES string of the molecule is COc1ccc2c(C(=O)NCC3(CO)CC3)cc(C)nc2c1. The van der Waals surface area contributed by atoms with Crippen molar-refractivity contribution in [3.63, 3.8) is 0 Å². The number of aromatic nitrogens is 1. The van der Waals surface area contributed by atoms with Crippen LogP contribution < -0.4 is 10.1 Å². The van der Waals surface area contributed by atoms with E-state index in [1.807, 2.05) is 25.1 Å². The van der Waals surface area contributed by atoms with Crippen LogP contribution in [0.25, 0.3) is 10.9 Å². The number of hydrogen-bond acceptors (Lipinski definition) is 4. The van der Waals surface area contributed by atoms with E-state index < -0.39 is 0 Å². The Kier molecular flexibility index (Phi) is 3.74. The number of pyridine rings is 1. The Morgan fingerprint density at radius 1 is 1.41 bits per heavy atom. The summed E-state index contributed by atoms with van der Waals surface area (Å²) in [5.41, 5.74) is 2.04. The number of aliphatic hydroxyl groups is 1. The Labute approximate surface area is 129 Å². The van der Waals surface area contributed by atoms with E-state index in [0.29, 0.717) is 17.9 Å². The van der Waals surface area contributed by atoms with Gasteiger partial charge in [0.25, 0.3) is 5.91 Å². The van der Waals surface area contributed by atoms with Crippen molar-refractivity contribution in [2.75, 3.05) is 20.3 Å². The van der Waals surface area contributed by atoms with E-state index in [1.54, 1.807) is 13.2 Å². The van der Waals surface area contributed by atoms with Crippen LogP contribution in [0.15, 0.2) is 24.3 Å². The van der Waals surface area contributed by atoms with Crippen molar-refractivity contribution in [3.8, 4) is 5.75 Å². The molecule has 22 heavy (non-hydrogen) atoms. The molecule has 0 atom stereocenters. The molecule has 0 aliphatic heterocycles. The first-order valence-electron chi connectivity index (χ1n) is 7.41. The van der Waals surface area contributed by atoms with Crippen LogP contribution in [0.5, 0.6) is 5.75 Å². The normalized spacial score (nSPS) is 15.6. The van der Waals surface area contributed by atoms with E-state index in [9.17, 15) is 9.90 Å². The molecule has 1 aromatic heterocycles. The van der Waals surface area contributed by atoms with E-state index in [4.69, 9.17) is 4.74 Å². The predicted molar refractivity (Wildman–Crippen MR) is 84.1 cm³/mol. The van der Waals surface area contributed by atoms with Gasteiger partial charge in [0.1, 0.15) is 5.75 Å². The van der Waals surface area contributed by atoms with Crippen LogP contribution in [-0.4, -0.2) is 36.3 Å². The summed E-state index contributed by atoms with van der Waals surface area (Å²) in [5, 5.41) is 13.1. The third-order valence-corrected chi connectivity index (χ3v) is 4.31. The summed E-state index contributed by atoms with van der Waals surface area (Å²) in [4.78, 5) is 17.0. The Morgan fingerprint density at radius 3 is 2.82 bits per heavy atom. The number of fused-ring (bicyclic) bond motifs is 1. The van der Waals surface area contributed by atoms with Gasteiger partial charge in [-0.3, -0.25) is 9.78 Å². The molecule has 1 fully saturated rings. The largest absolute Gasteiger partial charge is 0.497 e. The standard InChI is InChI=1S/C17H20N2O3/c1-11-7-14(16(21)18-9-17(10-20)5-6-17)13-4-3-12(22-2)8-15(13)19-11/h3-4,7-8,20H,5-6,9-10H2,1-2H3,(H,18,21). The second-order valence-electron chi connectivity index (χ2n) is 6.04. The van der Waals surface area contributed by atoms with E-state index >= 15 is 0 Å². The summed E-state index contributed by atoms with van der Waals surface area (Å²) in [6, 6.07) is 7.30. The number of benzene rings is 1. The number of methoxy groups -OCH3 is 1. The fraction of sp³-hybridized carbons (Fsp3) is 0.412. The summed E-state index contributed by atoms with van der Waals surface area (Å²) < 4.78 is 5.21. The molecular formula is C17H20N2O3. The van der Waals surface area contributed by atoms with E-state index in [-0.39, 0.29) is 17.9 Å². The number of carbonyl (C=O) groups is 1. The number of nitrogens with zero attached hydrogens (tertiary/aromatic N) is 1. The molecule has 0 saturated heterocycles. The molecular weight excluding hydrogens is 280 g/mol. The highest BCUT2D eigenvalue weighted by Crippen LogP contribution is 2.44. The molecule has 1 aliphatic carbocycles. The predicted octanol–water partition coefficient (Wildman–Crippen LogP) is 2.05. The number of aryl methyl sites for hydroxylation is 1. The van der Waals surface area contributed by atoms with Crippen molar-refractivity contribution < 1.29 is 14.6 Å². The Bertz CT molecular complexity index is 723. The smallest absolute Gasteiger partial charge is 0.252 e. The minimum Gasteiger partial charge on any atom is -0.497 e. The fourth-order valence-corrected chi connectivity index (χ4v) is 2.59. The van der Waals surface area contributed by atoms with Crippen molar-refractivity contribution in [1.29, 1.82) is 0 Å². The number of aliphatic hydroxyl groups excluding tert-OH is 1. The number of nitrogens with one attached hydrogen (secondary N) is 1. The first-order valence-corrected chi connectivity index (χ1v) is 7.41. The average molecular weight is 300 g/mol. The Balaban J connectivity index is 1.90. The molecule has 1 amide bonds. The summed E-state index contributed by atoms with van der Waals surface area (Å²) in [6.07, 6.45) is 1.94. The first kappa shape index (κ1) is 14.8. The maximum atomic E-state index is 12.5. The molecule has 0 radical (unpaired) electrons. The van der Waals surface area contributed by atoms with Gasteiger partial charge in [-0.05, 0) is 38.0 Å². The van der Waals surface area contributed by atoms with Gasteiger partial charge in [0.05, 0.1) is 24.8 Å². The number of rotatable bonds is 5. The van der Waals surface area contributed by atoms with Gasteiger partial charge in [0, 0.05) is 29.1 Å².